The minimum Gasteiger partial charge on any atom is -0.324 e. The Bertz CT molecular complexity index is 753. The molecule has 21 heavy (non-hydrogen) atoms. The molecule has 0 saturated heterocycles. The van der Waals surface area contributed by atoms with Crippen LogP contribution < -0.4 is 10.5 Å². The molecule has 0 spiro atoms. The van der Waals surface area contributed by atoms with Gasteiger partial charge < -0.3 is 5.73 Å². The first-order valence-corrected chi connectivity index (χ1v) is 8.23. The maximum atomic E-state index is 12.4. The second-order valence-electron chi connectivity index (χ2n) is 5.27. The van der Waals surface area contributed by atoms with Gasteiger partial charge in [-0.15, -0.1) is 0 Å². The van der Waals surface area contributed by atoms with Gasteiger partial charge in [-0.05, 0) is 61.7 Å². The van der Waals surface area contributed by atoms with Crippen molar-refractivity contribution in [1.82, 2.24) is 0 Å². The lowest BCUT2D eigenvalue weighted by Gasteiger charge is -2.12. The Morgan fingerprint density at radius 1 is 1.05 bits per heavy atom. The first kappa shape index (κ1) is 15.5. The first-order chi connectivity index (χ1) is 9.79. The van der Waals surface area contributed by atoms with Crippen molar-refractivity contribution in [3.8, 4) is 0 Å². The summed E-state index contributed by atoms with van der Waals surface area (Å²) in [6.45, 7) is 5.70. The number of sulfonamides is 1. The molecular weight excluding hydrogens is 284 g/mol. The number of nitrogens with one attached hydrogen (secondary N) is 1. The van der Waals surface area contributed by atoms with E-state index in [9.17, 15) is 8.42 Å². The van der Waals surface area contributed by atoms with Crippen LogP contribution in [0.1, 0.15) is 29.7 Å². The summed E-state index contributed by atoms with van der Waals surface area (Å²) in [5, 5.41) is 0. The van der Waals surface area contributed by atoms with Gasteiger partial charge in [0.25, 0.3) is 10.0 Å². The molecule has 4 nitrogen and oxygen atoms in total. The molecule has 0 amide bonds. The number of benzene rings is 2. The van der Waals surface area contributed by atoms with Crippen LogP contribution in [0.25, 0.3) is 0 Å². The summed E-state index contributed by atoms with van der Waals surface area (Å²) in [7, 11) is -3.59. The SMILES string of the molecule is Cc1ccc(S(=O)(=O)Nc2cccc(C(C)N)c2)cc1C. The molecule has 112 valence electrons. The van der Waals surface area contributed by atoms with Crippen molar-refractivity contribution >= 4 is 15.7 Å². The number of hydrogen-bond acceptors (Lipinski definition) is 3. The third-order valence-corrected chi connectivity index (χ3v) is 4.83. The highest BCUT2D eigenvalue weighted by Crippen LogP contribution is 2.21. The van der Waals surface area contributed by atoms with Gasteiger partial charge in [0.2, 0.25) is 0 Å². The second kappa shape index (κ2) is 5.87. The normalized spacial score (nSPS) is 13.0. The Labute approximate surface area is 126 Å². The summed E-state index contributed by atoms with van der Waals surface area (Å²) >= 11 is 0. The highest BCUT2D eigenvalue weighted by Gasteiger charge is 2.15. The first-order valence-electron chi connectivity index (χ1n) is 6.75. The molecule has 0 aliphatic carbocycles. The van der Waals surface area contributed by atoms with Crippen molar-refractivity contribution in [1.29, 1.82) is 0 Å². The number of aryl methyl sites for hydroxylation is 2. The zero-order chi connectivity index (χ0) is 15.6. The van der Waals surface area contributed by atoms with E-state index >= 15 is 0 Å². The molecule has 0 aliphatic rings. The summed E-state index contributed by atoms with van der Waals surface area (Å²) in [6.07, 6.45) is 0. The van der Waals surface area contributed by atoms with Gasteiger partial charge in [0, 0.05) is 11.7 Å². The molecule has 1 unspecified atom stereocenters. The number of rotatable bonds is 4. The lowest BCUT2D eigenvalue weighted by molar-refractivity contribution is 0.601. The van der Waals surface area contributed by atoms with Crippen LogP contribution in [0.4, 0.5) is 5.69 Å². The Kier molecular flexibility index (Phi) is 4.34. The predicted octanol–water partition coefficient (Wildman–Crippen LogP) is 3.12. The summed E-state index contributed by atoms with van der Waals surface area (Å²) in [5.41, 5.74) is 9.23. The third-order valence-electron chi connectivity index (χ3n) is 3.45. The Balaban J connectivity index is 2.33. The van der Waals surface area contributed by atoms with Crippen molar-refractivity contribution in [3.63, 3.8) is 0 Å². The Morgan fingerprint density at radius 2 is 1.76 bits per heavy atom. The second-order valence-corrected chi connectivity index (χ2v) is 6.95. The van der Waals surface area contributed by atoms with E-state index in [2.05, 4.69) is 4.72 Å². The molecule has 5 heteroatoms. The minimum absolute atomic E-state index is 0.143. The maximum Gasteiger partial charge on any atom is 0.261 e. The molecule has 2 aromatic rings. The van der Waals surface area contributed by atoms with Crippen molar-refractivity contribution in [3.05, 3.63) is 59.2 Å². The van der Waals surface area contributed by atoms with Crippen LogP contribution in [0, 0.1) is 13.8 Å². The van der Waals surface area contributed by atoms with Crippen molar-refractivity contribution in [2.75, 3.05) is 4.72 Å². The average molecular weight is 304 g/mol. The predicted molar refractivity (Wildman–Crippen MR) is 85.8 cm³/mol. The Morgan fingerprint density at radius 3 is 2.38 bits per heavy atom. The standard InChI is InChI=1S/C16H20N2O2S/c1-11-7-8-16(9-12(11)2)21(19,20)18-15-6-4-5-14(10-15)13(3)17/h4-10,13,18H,17H2,1-3H3. The van der Waals surface area contributed by atoms with Gasteiger partial charge >= 0.3 is 0 Å². The lowest BCUT2D eigenvalue weighted by atomic mass is 10.1. The molecule has 0 saturated carbocycles. The summed E-state index contributed by atoms with van der Waals surface area (Å²) in [4.78, 5) is 0.261. The van der Waals surface area contributed by atoms with Crippen LogP contribution in [-0.2, 0) is 10.0 Å². The van der Waals surface area contributed by atoms with Crippen LogP contribution in [0.2, 0.25) is 0 Å². The largest absolute Gasteiger partial charge is 0.324 e. The van der Waals surface area contributed by atoms with E-state index in [1.165, 1.54) is 0 Å². The van der Waals surface area contributed by atoms with Gasteiger partial charge in [0.15, 0.2) is 0 Å². The minimum atomic E-state index is -3.59. The van der Waals surface area contributed by atoms with Crippen LogP contribution >= 0.6 is 0 Å². The van der Waals surface area contributed by atoms with Crippen molar-refractivity contribution in [2.24, 2.45) is 5.73 Å². The van der Waals surface area contributed by atoms with E-state index < -0.39 is 10.0 Å². The molecule has 0 radical (unpaired) electrons. The lowest BCUT2D eigenvalue weighted by Crippen LogP contribution is -2.14. The van der Waals surface area contributed by atoms with Crippen LogP contribution in [0.3, 0.4) is 0 Å². The van der Waals surface area contributed by atoms with E-state index in [4.69, 9.17) is 5.73 Å². The molecule has 0 aromatic heterocycles. The van der Waals surface area contributed by atoms with E-state index in [-0.39, 0.29) is 10.9 Å². The molecule has 0 bridgehead atoms. The molecule has 0 fully saturated rings. The summed E-state index contributed by atoms with van der Waals surface area (Å²) < 4.78 is 27.4. The smallest absolute Gasteiger partial charge is 0.261 e. The van der Waals surface area contributed by atoms with E-state index in [0.717, 1.165) is 16.7 Å². The van der Waals surface area contributed by atoms with E-state index in [1.54, 1.807) is 30.3 Å². The van der Waals surface area contributed by atoms with Gasteiger partial charge in [-0.1, -0.05) is 18.2 Å². The number of nitrogens with two attached hydrogens (primary N) is 1. The third kappa shape index (κ3) is 3.62. The maximum absolute atomic E-state index is 12.4. The molecule has 2 aromatic carbocycles. The van der Waals surface area contributed by atoms with Crippen LogP contribution in [0.5, 0.6) is 0 Å². The monoisotopic (exact) mass is 304 g/mol. The number of hydrogen-bond donors (Lipinski definition) is 2. The zero-order valence-corrected chi connectivity index (χ0v) is 13.2. The fourth-order valence-corrected chi connectivity index (χ4v) is 3.11. The number of anilines is 1. The fourth-order valence-electron chi connectivity index (χ4n) is 1.98. The highest BCUT2D eigenvalue weighted by atomic mass is 32.2. The summed E-state index contributed by atoms with van der Waals surface area (Å²) in [5.74, 6) is 0. The fraction of sp³-hybridized carbons (Fsp3) is 0.250. The molecule has 0 aliphatic heterocycles. The van der Waals surface area contributed by atoms with Crippen LogP contribution in [-0.4, -0.2) is 8.42 Å². The summed E-state index contributed by atoms with van der Waals surface area (Å²) in [6, 6.07) is 12.1. The van der Waals surface area contributed by atoms with Gasteiger partial charge in [0.1, 0.15) is 0 Å². The van der Waals surface area contributed by atoms with E-state index in [1.807, 2.05) is 32.9 Å². The van der Waals surface area contributed by atoms with Gasteiger partial charge in [-0.2, -0.15) is 0 Å². The average Bonchev–Trinajstić information content (AvgIpc) is 2.41. The van der Waals surface area contributed by atoms with Gasteiger partial charge in [-0.3, -0.25) is 4.72 Å². The zero-order valence-electron chi connectivity index (χ0n) is 12.4. The molecule has 0 heterocycles. The highest BCUT2D eigenvalue weighted by molar-refractivity contribution is 7.92. The molecule has 2 rings (SSSR count). The van der Waals surface area contributed by atoms with Crippen molar-refractivity contribution < 1.29 is 8.42 Å². The Hall–Kier alpha value is -1.85. The van der Waals surface area contributed by atoms with Gasteiger partial charge in [0.05, 0.1) is 4.90 Å². The van der Waals surface area contributed by atoms with Crippen LogP contribution in [0.15, 0.2) is 47.4 Å². The van der Waals surface area contributed by atoms with E-state index in [0.29, 0.717) is 5.69 Å². The molecular formula is C16H20N2O2S. The van der Waals surface area contributed by atoms with Gasteiger partial charge in [-0.25, -0.2) is 8.42 Å². The quantitative estimate of drug-likeness (QED) is 0.911. The molecule has 1 atom stereocenters. The molecule has 3 N–H and O–H groups in total. The van der Waals surface area contributed by atoms with Crippen molar-refractivity contribution in [2.45, 2.75) is 31.7 Å². The topological polar surface area (TPSA) is 72.2 Å².